The van der Waals surface area contributed by atoms with E-state index in [0.29, 0.717) is 0 Å². The van der Waals surface area contributed by atoms with Gasteiger partial charge in [0.25, 0.3) is 0 Å². The molecule has 0 aliphatic rings. The first-order valence-corrected chi connectivity index (χ1v) is 21.0. The Bertz CT molecular complexity index is 3540. The van der Waals surface area contributed by atoms with Gasteiger partial charge in [0.1, 0.15) is 0 Å². The second kappa shape index (κ2) is 13.6. The predicted octanol–water partition coefficient (Wildman–Crippen LogP) is 16.3. The Morgan fingerprint density at radius 3 is 1.64 bits per heavy atom. The molecule has 0 spiro atoms. The Morgan fingerprint density at radius 1 is 0.339 bits per heavy atom. The zero-order valence-electron chi connectivity index (χ0n) is 32.1. The lowest BCUT2D eigenvalue weighted by molar-refractivity contribution is 1.19. The van der Waals surface area contributed by atoms with E-state index < -0.39 is 0 Å². The summed E-state index contributed by atoms with van der Waals surface area (Å²) in [5, 5.41) is 10.1. The topological polar surface area (TPSA) is 8.17 Å². The minimum atomic E-state index is 1.11. The molecule has 59 heavy (non-hydrogen) atoms. The van der Waals surface area contributed by atoms with Crippen LogP contribution in [0.15, 0.2) is 218 Å². The maximum absolute atomic E-state index is 2.43. The minimum absolute atomic E-state index is 1.11. The van der Waals surface area contributed by atoms with Gasteiger partial charge in [-0.1, -0.05) is 146 Å². The number of para-hydroxylation sites is 1. The van der Waals surface area contributed by atoms with E-state index in [1.807, 2.05) is 11.3 Å². The molecule has 0 saturated heterocycles. The average Bonchev–Trinajstić information content (AvgIpc) is 3.85. The van der Waals surface area contributed by atoms with Gasteiger partial charge in [0.2, 0.25) is 0 Å². The van der Waals surface area contributed by atoms with Crippen molar-refractivity contribution in [2.75, 3.05) is 4.90 Å². The molecule has 3 heteroatoms. The SMILES string of the molecule is c1ccc(-n2c3ccc(-c4ccc(N(c5ccc(-c6ccc7sc8ccccc8c7c6)cc5)c5cccc6ccccc56)cc4)cc3c3ccc4ccccc4c32)cc1. The van der Waals surface area contributed by atoms with Crippen LogP contribution in [0.3, 0.4) is 0 Å². The molecule has 2 aromatic heterocycles. The van der Waals surface area contributed by atoms with Gasteiger partial charge >= 0.3 is 0 Å². The van der Waals surface area contributed by atoms with Crippen LogP contribution >= 0.6 is 11.3 Å². The highest BCUT2D eigenvalue weighted by Gasteiger charge is 2.18. The van der Waals surface area contributed by atoms with Crippen LogP contribution in [0, 0.1) is 0 Å². The highest BCUT2D eigenvalue weighted by atomic mass is 32.1. The standard InChI is InChI=1S/C56H36N2S/c1-2-14-43(15-3-1)58-53-33-26-41(35-50(53)49-32-25-40-12-5-7-17-47(40)56(49)58)37-21-28-44(29-22-37)57(52-19-10-13-39-11-4-6-16-46(39)52)45-30-23-38(24-31-45)42-27-34-55-51(36-42)48-18-8-9-20-54(48)59-55/h1-36H. The van der Waals surface area contributed by atoms with Crippen LogP contribution in [0.25, 0.3) is 91.5 Å². The van der Waals surface area contributed by atoms with Crippen LogP contribution in [0.4, 0.5) is 17.1 Å². The van der Waals surface area contributed by atoms with Crippen molar-refractivity contribution in [3.8, 4) is 27.9 Å². The fourth-order valence-corrected chi connectivity index (χ4v) is 10.2. The third-order valence-electron chi connectivity index (χ3n) is 12.0. The van der Waals surface area contributed by atoms with E-state index in [-0.39, 0.29) is 0 Å². The van der Waals surface area contributed by atoms with E-state index in [1.54, 1.807) is 0 Å². The molecule has 2 nitrogen and oxygen atoms in total. The van der Waals surface area contributed by atoms with E-state index >= 15 is 0 Å². The number of aromatic nitrogens is 1. The number of anilines is 3. The van der Waals surface area contributed by atoms with Crippen LogP contribution in [0.1, 0.15) is 0 Å². The van der Waals surface area contributed by atoms with Gasteiger partial charge in [-0.3, -0.25) is 0 Å². The predicted molar refractivity (Wildman–Crippen MR) is 254 cm³/mol. The van der Waals surface area contributed by atoms with Gasteiger partial charge in [-0.15, -0.1) is 11.3 Å². The largest absolute Gasteiger partial charge is 0.310 e. The van der Waals surface area contributed by atoms with Gasteiger partial charge in [0.15, 0.2) is 0 Å². The molecule has 0 N–H and O–H groups in total. The molecule has 2 heterocycles. The van der Waals surface area contributed by atoms with Crippen molar-refractivity contribution in [2.24, 2.45) is 0 Å². The average molecular weight is 769 g/mol. The molecular weight excluding hydrogens is 733 g/mol. The van der Waals surface area contributed by atoms with E-state index in [0.717, 1.165) is 17.1 Å². The first-order chi connectivity index (χ1) is 29.2. The number of fused-ring (bicyclic) bond motifs is 9. The van der Waals surface area contributed by atoms with E-state index in [2.05, 4.69) is 228 Å². The Kier molecular flexibility index (Phi) is 7.75. The Balaban J connectivity index is 0.959. The molecule has 0 fully saturated rings. The van der Waals surface area contributed by atoms with Crippen LogP contribution < -0.4 is 4.90 Å². The summed E-state index contributed by atoms with van der Waals surface area (Å²) < 4.78 is 5.08. The maximum Gasteiger partial charge on any atom is 0.0619 e. The lowest BCUT2D eigenvalue weighted by Crippen LogP contribution is -2.10. The second-order valence-corrected chi connectivity index (χ2v) is 16.4. The Morgan fingerprint density at radius 2 is 0.898 bits per heavy atom. The second-order valence-electron chi connectivity index (χ2n) is 15.3. The normalized spacial score (nSPS) is 11.7. The lowest BCUT2D eigenvalue weighted by atomic mass is 10.00. The van der Waals surface area contributed by atoms with Gasteiger partial charge in [-0.2, -0.15) is 0 Å². The molecule has 0 aliphatic heterocycles. The van der Waals surface area contributed by atoms with Crippen LogP contribution in [0.5, 0.6) is 0 Å². The fraction of sp³-hybridized carbons (Fsp3) is 0. The maximum atomic E-state index is 2.43. The van der Waals surface area contributed by atoms with Gasteiger partial charge in [-0.25, -0.2) is 0 Å². The quantitative estimate of drug-likeness (QED) is 0.164. The number of thiophene rings is 1. The van der Waals surface area contributed by atoms with Crippen molar-refractivity contribution in [1.82, 2.24) is 4.57 Å². The summed E-state index contributed by atoms with van der Waals surface area (Å²) in [5.74, 6) is 0. The summed E-state index contributed by atoms with van der Waals surface area (Å²) >= 11 is 1.86. The van der Waals surface area contributed by atoms with Crippen LogP contribution in [-0.2, 0) is 0 Å². The molecule has 0 aliphatic carbocycles. The fourth-order valence-electron chi connectivity index (χ4n) is 9.15. The zero-order chi connectivity index (χ0) is 38.9. The summed E-state index contributed by atoms with van der Waals surface area (Å²) in [6.07, 6.45) is 0. The summed E-state index contributed by atoms with van der Waals surface area (Å²) in [7, 11) is 0. The first-order valence-electron chi connectivity index (χ1n) is 20.2. The van der Waals surface area contributed by atoms with Crippen LogP contribution in [0.2, 0.25) is 0 Å². The molecule has 0 amide bonds. The van der Waals surface area contributed by atoms with Gasteiger partial charge in [0, 0.05) is 58.8 Å². The lowest BCUT2D eigenvalue weighted by Gasteiger charge is -2.27. The van der Waals surface area contributed by atoms with E-state index in [1.165, 1.54) is 91.5 Å². The third-order valence-corrected chi connectivity index (χ3v) is 13.1. The zero-order valence-corrected chi connectivity index (χ0v) is 32.9. The molecule has 10 aromatic carbocycles. The van der Waals surface area contributed by atoms with Gasteiger partial charge < -0.3 is 9.47 Å². The molecule has 0 unspecified atom stereocenters. The van der Waals surface area contributed by atoms with Crippen molar-refractivity contribution in [2.45, 2.75) is 0 Å². The highest BCUT2D eigenvalue weighted by molar-refractivity contribution is 7.25. The number of hydrogen-bond acceptors (Lipinski definition) is 2. The molecule has 12 rings (SSSR count). The molecule has 0 radical (unpaired) electrons. The van der Waals surface area contributed by atoms with Crippen molar-refractivity contribution < 1.29 is 0 Å². The van der Waals surface area contributed by atoms with Crippen LogP contribution in [-0.4, -0.2) is 4.57 Å². The van der Waals surface area contributed by atoms with Gasteiger partial charge in [-0.05, 0) is 106 Å². The third kappa shape index (κ3) is 5.55. The monoisotopic (exact) mass is 768 g/mol. The smallest absolute Gasteiger partial charge is 0.0619 e. The van der Waals surface area contributed by atoms with Gasteiger partial charge in [0.05, 0.1) is 16.7 Å². The molecule has 0 atom stereocenters. The Hall–Kier alpha value is -7.46. The summed E-state index contributed by atoms with van der Waals surface area (Å²) in [6.45, 7) is 0. The number of nitrogens with zero attached hydrogens (tertiary/aromatic N) is 2. The minimum Gasteiger partial charge on any atom is -0.310 e. The van der Waals surface area contributed by atoms with E-state index in [9.17, 15) is 0 Å². The molecule has 0 saturated carbocycles. The number of rotatable bonds is 6. The number of hydrogen-bond donors (Lipinski definition) is 0. The highest BCUT2D eigenvalue weighted by Crippen LogP contribution is 2.43. The summed E-state index contributed by atoms with van der Waals surface area (Å²) in [4.78, 5) is 2.40. The Labute approximate surface area is 346 Å². The molecule has 12 aromatic rings. The molecule has 0 bridgehead atoms. The van der Waals surface area contributed by atoms with E-state index in [4.69, 9.17) is 0 Å². The van der Waals surface area contributed by atoms with Crippen molar-refractivity contribution in [3.63, 3.8) is 0 Å². The first kappa shape index (κ1) is 33.7. The summed E-state index contributed by atoms with van der Waals surface area (Å²) in [5.41, 5.74) is 11.8. The summed E-state index contributed by atoms with van der Waals surface area (Å²) in [6, 6.07) is 79.9. The molecule has 276 valence electrons. The van der Waals surface area contributed by atoms with Crippen molar-refractivity contribution in [3.05, 3.63) is 218 Å². The number of benzene rings is 10. The van der Waals surface area contributed by atoms with Crippen molar-refractivity contribution in [1.29, 1.82) is 0 Å². The van der Waals surface area contributed by atoms with Crippen molar-refractivity contribution >= 4 is 91.9 Å². The molecular formula is C56H36N2S.